The third kappa shape index (κ3) is 3.97. The largest absolute Gasteiger partial charge is 0.497 e. The highest BCUT2D eigenvalue weighted by atomic mass is 19.1. The van der Waals surface area contributed by atoms with Crippen molar-refractivity contribution < 1.29 is 18.7 Å². The Morgan fingerprint density at radius 1 is 1.14 bits per heavy atom. The lowest BCUT2D eigenvalue weighted by atomic mass is 10.2. The molecule has 5 heteroatoms. The third-order valence-electron chi connectivity index (χ3n) is 3.13. The summed E-state index contributed by atoms with van der Waals surface area (Å²) in [7, 11) is 1.58. The van der Waals surface area contributed by atoms with Crippen molar-refractivity contribution >= 4 is 11.6 Å². The van der Waals surface area contributed by atoms with Crippen molar-refractivity contribution in [2.75, 3.05) is 12.4 Å². The fraction of sp³-hybridized carbons (Fsp3) is 0.235. The first kappa shape index (κ1) is 15.8. The predicted molar refractivity (Wildman–Crippen MR) is 82.7 cm³/mol. The Balaban J connectivity index is 2.03. The molecule has 0 saturated heterocycles. The Morgan fingerprint density at radius 3 is 2.36 bits per heavy atom. The standard InChI is InChI=1S/C17H18FNO3/c1-3-16(22-13-10-8-12(21-2)9-11-13)17(20)19-15-7-5-4-6-14(15)18/h4-11,16H,3H2,1-2H3,(H,19,20)/t16-/m1/s1. The van der Waals surface area contributed by atoms with E-state index in [1.807, 2.05) is 6.92 Å². The highest BCUT2D eigenvalue weighted by Gasteiger charge is 2.19. The maximum Gasteiger partial charge on any atom is 0.265 e. The smallest absolute Gasteiger partial charge is 0.265 e. The molecule has 0 aliphatic heterocycles. The van der Waals surface area contributed by atoms with Gasteiger partial charge < -0.3 is 14.8 Å². The molecule has 2 aromatic carbocycles. The minimum absolute atomic E-state index is 0.143. The molecule has 0 aliphatic rings. The number of halogens is 1. The van der Waals surface area contributed by atoms with Crippen molar-refractivity contribution in [1.29, 1.82) is 0 Å². The summed E-state index contributed by atoms with van der Waals surface area (Å²) in [6.45, 7) is 1.83. The first-order valence-corrected chi connectivity index (χ1v) is 7.00. The summed E-state index contributed by atoms with van der Waals surface area (Å²) in [5.41, 5.74) is 0.143. The zero-order valence-corrected chi connectivity index (χ0v) is 12.5. The van der Waals surface area contributed by atoms with Gasteiger partial charge in [0, 0.05) is 0 Å². The number of carbonyl (C=O) groups excluding carboxylic acids is 1. The topological polar surface area (TPSA) is 47.6 Å². The van der Waals surface area contributed by atoms with Crippen molar-refractivity contribution in [3.8, 4) is 11.5 Å². The second-order valence-corrected chi connectivity index (χ2v) is 4.66. The van der Waals surface area contributed by atoms with Crippen molar-refractivity contribution in [3.63, 3.8) is 0 Å². The predicted octanol–water partition coefficient (Wildman–Crippen LogP) is 3.63. The molecule has 0 aromatic heterocycles. The van der Waals surface area contributed by atoms with E-state index >= 15 is 0 Å². The average Bonchev–Trinajstić information content (AvgIpc) is 2.55. The van der Waals surface area contributed by atoms with Crippen LogP contribution in [0.15, 0.2) is 48.5 Å². The second-order valence-electron chi connectivity index (χ2n) is 4.66. The van der Waals surface area contributed by atoms with E-state index in [9.17, 15) is 9.18 Å². The number of ether oxygens (including phenoxy) is 2. The van der Waals surface area contributed by atoms with E-state index in [0.29, 0.717) is 17.9 Å². The normalized spacial score (nSPS) is 11.6. The lowest BCUT2D eigenvalue weighted by molar-refractivity contribution is -0.122. The molecule has 1 N–H and O–H groups in total. The van der Waals surface area contributed by atoms with Crippen molar-refractivity contribution in [1.82, 2.24) is 0 Å². The van der Waals surface area contributed by atoms with E-state index in [0.717, 1.165) is 0 Å². The monoisotopic (exact) mass is 303 g/mol. The van der Waals surface area contributed by atoms with Crippen molar-refractivity contribution in [2.45, 2.75) is 19.4 Å². The summed E-state index contributed by atoms with van der Waals surface area (Å²) < 4.78 is 24.3. The number of nitrogens with one attached hydrogen (secondary N) is 1. The zero-order valence-electron chi connectivity index (χ0n) is 12.5. The van der Waals surface area contributed by atoms with Gasteiger partial charge in [-0.3, -0.25) is 4.79 Å². The molecule has 0 bridgehead atoms. The SMILES string of the molecule is CC[C@@H](Oc1ccc(OC)cc1)C(=O)Nc1ccccc1F. The van der Waals surface area contributed by atoms with E-state index in [1.54, 1.807) is 43.5 Å². The average molecular weight is 303 g/mol. The van der Waals surface area contributed by atoms with Crippen molar-refractivity contribution in [2.24, 2.45) is 0 Å². The van der Waals surface area contributed by atoms with Crippen LogP contribution >= 0.6 is 0 Å². The Morgan fingerprint density at radius 2 is 1.77 bits per heavy atom. The van der Waals surface area contributed by atoms with Crippen molar-refractivity contribution in [3.05, 3.63) is 54.3 Å². The first-order valence-electron chi connectivity index (χ1n) is 7.00. The molecule has 0 aliphatic carbocycles. The maximum absolute atomic E-state index is 13.6. The number of amides is 1. The molecule has 2 aromatic rings. The van der Waals surface area contributed by atoms with Gasteiger partial charge in [-0.25, -0.2) is 4.39 Å². The number of anilines is 1. The molecule has 0 unspecified atom stereocenters. The Bertz CT molecular complexity index is 628. The highest BCUT2D eigenvalue weighted by molar-refractivity contribution is 5.94. The highest BCUT2D eigenvalue weighted by Crippen LogP contribution is 2.20. The number of rotatable bonds is 6. The van der Waals surface area contributed by atoms with Crippen LogP contribution in [-0.2, 0) is 4.79 Å². The number of para-hydroxylation sites is 1. The molecule has 1 atom stereocenters. The number of carbonyl (C=O) groups is 1. The van der Waals surface area contributed by atoms with Crippen LogP contribution < -0.4 is 14.8 Å². The summed E-state index contributed by atoms with van der Waals surface area (Å²) in [6.07, 6.45) is -0.236. The molecule has 0 spiro atoms. The fourth-order valence-corrected chi connectivity index (χ4v) is 1.92. The van der Waals surface area contributed by atoms with Gasteiger partial charge in [-0.05, 0) is 42.8 Å². The van der Waals surface area contributed by atoms with Gasteiger partial charge in [-0.2, -0.15) is 0 Å². The summed E-state index contributed by atoms with van der Waals surface area (Å²) in [6, 6.07) is 13.0. The third-order valence-corrected chi connectivity index (χ3v) is 3.13. The second kappa shape index (κ2) is 7.45. The van der Waals surface area contributed by atoms with Crippen LogP contribution in [0.5, 0.6) is 11.5 Å². The van der Waals surface area contributed by atoms with Gasteiger partial charge in [0.2, 0.25) is 0 Å². The number of methoxy groups -OCH3 is 1. The quantitative estimate of drug-likeness (QED) is 0.886. The molecule has 0 fully saturated rings. The van der Waals surface area contributed by atoms with Gasteiger partial charge in [-0.1, -0.05) is 19.1 Å². The summed E-state index contributed by atoms with van der Waals surface area (Å²) in [4.78, 5) is 12.2. The first-order chi connectivity index (χ1) is 10.6. The molecule has 0 saturated carbocycles. The molecule has 4 nitrogen and oxygen atoms in total. The Labute approximate surface area is 128 Å². The molecular formula is C17H18FNO3. The van der Waals surface area contributed by atoms with Crippen LogP contribution in [0, 0.1) is 5.82 Å². The van der Waals surface area contributed by atoms with Gasteiger partial charge in [-0.15, -0.1) is 0 Å². The van der Waals surface area contributed by atoms with Gasteiger partial charge in [0.1, 0.15) is 17.3 Å². The molecule has 22 heavy (non-hydrogen) atoms. The van der Waals surface area contributed by atoms with Gasteiger partial charge in [0.15, 0.2) is 6.10 Å². The summed E-state index contributed by atoms with van der Waals surface area (Å²) in [5.74, 6) is 0.395. The van der Waals surface area contributed by atoms with Gasteiger partial charge in [0.25, 0.3) is 5.91 Å². The number of benzene rings is 2. The summed E-state index contributed by atoms with van der Waals surface area (Å²) in [5, 5.41) is 2.54. The van der Waals surface area contributed by atoms with Crippen LogP contribution in [0.4, 0.5) is 10.1 Å². The van der Waals surface area contributed by atoms with E-state index in [-0.39, 0.29) is 11.6 Å². The molecule has 2 rings (SSSR count). The minimum atomic E-state index is -0.701. The molecule has 1 amide bonds. The van der Waals surface area contributed by atoms with E-state index in [4.69, 9.17) is 9.47 Å². The van der Waals surface area contributed by atoms with E-state index in [1.165, 1.54) is 12.1 Å². The van der Waals surface area contributed by atoms with Gasteiger partial charge >= 0.3 is 0 Å². The molecular weight excluding hydrogens is 285 g/mol. The van der Waals surface area contributed by atoms with E-state index < -0.39 is 11.9 Å². The van der Waals surface area contributed by atoms with Crippen LogP contribution in [0.3, 0.4) is 0 Å². The fourth-order valence-electron chi connectivity index (χ4n) is 1.92. The minimum Gasteiger partial charge on any atom is -0.497 e. The molecule has 0 heterocycles. The maximum atomic E-state index is 13.6. The van der Waals surface area contributed by atoms with Crippen LogP contribution in [-0.4, -0.2) is 19.1 Å². The number of hydrogen-bond acceptors (Lipinski definition) is 3. The Kier molecular flexibility index (Phi) is 5.36. The lowest BCUT2D eigenvalue weighted by Crippen LogP contribution is -2.32. The van der Waals surface area contributed by atoms with Crippen LogP contribution in [0.25, 0.3) is 0 Å². The van der Waals surface area contributed by atoms with E-state index in [2.05, 4.69) is 5.32 Å². The number of hydrogen-bond donors (Lipinski definition) is 1. The Hall–Kier alpha value is -2.56. The van der Waals surface area contributed by atoms with Gasteiger partial charge in [0.05, 0.1) is 12.8 Å². The van der Waals surface area contributed by atoms with Crippen LogP contribution in [0.1, 0.15) is 13.3 Å². The zero-order chi connectivity index (χ0) is 15.9. The molecule has 0 radical (unpaired) electrons. The van der Waals surface area contributed by atoms with Crippen LogP contribution in [0.2, 0.25) is 0 Å². The molecule has 116 valence electrons. The summed E-state index contributed by atoms with van der Waals surface area (Å²) >= 11 is 0. The lowest BCUT2D eigenvalue weighted by Gasteiger charge is -2.17.